The number of benzene rings is 2. The minimum absolute atomic E-state index is 0.169. The largest absolute Gasteiger partial charge is 0.496 e. The average molecular weight is 457 g/mol. The summed E-state index contributed by atoms with van der Waals surface area (Å²) in [7, 11) is 2.98. The van der Waals surface area contributed by atoms with Crippen LogP contribution in [-0.4, -0.2) is 62.2 Å². The maximum absolute atomic E-state index is 12.7. The Hall–Kier alpha value is -3.33. The molecule has 3 rings (SSSR count). The summed E-state index contributed by atoms with van der Waals surface area (Å²) in [6.45, 7) is 4.95. The highest BCUT2D eigenvalue weighted by Gasteiger charge is 2.21. The van der Waals surface area contributed by atoms with Crippen LogP contribution in [0.3, 0.4) is 0 Å². The number of thiocarbonyl (C=S) groups is 1. The van der Waals surface area contributed by atoms with Gasteiger partial charge in [-0.25, -0.2) is 0 Å². The quantitative estimate of drug-likeness (QED) is 0.647. The van der Waals surface area contributed by atoms with Crippen molar-refractivity contribution in [3.05, 3.63) is 48.0 Å². The molecule has 1 saturated heterocycles. The van der Waals surface area contributed by atoms with Crippen molar-refractivity contribution in [3.63, 3.8) is 0 Å². The summed E-state index contributed by atoms with van der Waals surface area (Å²) in [5.41, 5.74) is 2.11. The van der Waals surface area contributed by atoms with Crippen LogP contribution in [0.1, 0.15) is 23.7 Å². The Labute approximate surface area is 193 Å². The van der Waals surface area contributed by atoms with E-state index in [1.807, 2.05) is 36.1 Å². The molecule has 0 unspecified atom stereocenters. The number of carbonyl (C=O) groups excluding carboxylic acids is 2. The Balaban J connectivity index is 1.58. The molecule has 0 spiro atoms. The second kappa shape index (κ2) is 10.8. The lowest BCUT2D eigenvalue weighted by Crippen LogP contribution is -2.48. The van der Waals surface area contributed by atoms with Crippen molar-refractivity contribution in [1.29, 1.82) is 0 Å². The molecule has 32 heavy (non-hydrogen) atoms. The minimum Gasteiger partial charge on any atom is -0.496 e. The summed E-state index contributed by atoms with van der Waals surface area (Å²) in [6, 6.07) is 12.9. The van der Waals surface area contributed by atoms with E-state index in [0.29, 0.717) is 17.9 Å². The molecule has 1 aliphatic heterocycles. The van der Waals surface area contributed by atoms with E-state index in [2.05, 4.69) is 15.5 Å². The van der Waals surface area contributed by atoms with E-state index in [1.165, 1.54) is 14.2 Å². The highest BCUT2D eigenvalue weighted by molar-refractivity contribution is 7.80. The highest BCUT2D eigenvalue weighted by atomic mass is 32.1. The normalized spacial score (nSPS) is 13.3. The molecular formula is C23H28N4O4S. The van der Waals surface area contributed by atoms with Crippen molar-refractivity contribution in [2.45, 2.75) is 13.3 Å². The van der Waals surface area contributed by atoms with Crippen molar-refractivity contribution in [2.24, 2.45) is 0 Å². The van der Waals surface area contributed by atoms with Gasteiger partial charge in [-0.3, -0.25) is 14.9 Å². The first-order valence-electron chi connectivity index (χ1n) is 10.4. The molecule has 1 heterocycles. The molecule has 0 atom stereocenters. The van der Waals surface area contributed by atoms with E-state index >= 15 is 0 Å². The van der Waals surface area contributed by atoms with Gasteiger partial charge < -0.3 is 24.6 Å². The second-order valence-corrected chi connectivity index (χ2v) is 7.62. The third-order valence-electron chi connectivity index (χ3n) is 5.31. The van der Waals surface area contributed by atoms with Crippen molar-refractivity contribution in [3.8, 4) is 11.5 Å². The number of rotatable bonds is 6. The van der Waals surface area contributed by atoms with Gasteiger partial charge in [0.15, 0.2) is 5.11 Å². The first-order valence-corrected chi connectivity index (χ1v) is 10.8. The van der Waals surface area contributed by atoms with Crippen LogP contribution in [0, 0.1) is 0 Å². The zero-order chi connectivity index (χ0) is 23.1. The Bertz CT molecular complexity index is 950. The summed E-state index contributed by atoms with van der Waals surface area (Å²) in [6.07, 6.45) is 0.542. The van der Waals surface area contributed by atoms with Gasteiger partial charge in [-0.05, 0) is 48.6 Å². The molecule has 1 aliphatic rings. The lowest BCUT2D eigenvalue weighted by atomic mass is 10.1. The number of anilines is 2. The maximum Gasteiger partial charge on any atom is 0.264 e. The molecule has 0 aliphatic carbocycles. The summed E-state index contributed by atoms with van der Waals surface area (Å²) < 4.78 is 10.5. The van der Waals surface area contributed by atoms with Crippen molar-refractivity contribution >= 4 is 40.5 Å². The first kappa shape index (κ1) is 23.3. The molecule has 170 valence electrons. The minimum atomic E-state index is -0.423. The molecule has 2 aromatic rings. The van der Waals surface area contributed by atoms with E-state index in [9.17, 15) is 9.59 Å². The predicted molar refractivity (Wildman–Crippen MR) is 129 cm³/mol. The highest BCUT2D eigenvalue weighted by Crippen LogP contribution is 2.28. The van der Waals surface area contributed by atoms with E-state index in [-0.39, 0.29) is 16.6 Å². The molecule has 2 N–H and O–H groups in total. The van der Waals surface area contributed by atoms with Gasteiger partial charge in [-0.15, -0.1) is 0 Å². The van der Waals surface area contributed by atoms with Gasteiger partial charge in [0.05, 0.1) is 14.2 Å². The fourth-order valence-corrected chi connectivity index (χ4v) is 3.81. The second-order valence-electron chi connectivity index (χ2n) is 7.21. The molecule has 2 amide bonds. The van der Waals surface area contributed by atoms with Crippen LogP contribution in [0.5, 0.6) is 11.5 Å². The van der Waals surface area contributed by atoms with Crippen LogP contribution in [0.25, 0.3) is 0 Å². The number of hydrogen-bond donors (Lipinski definition) is 2. The smallest absolute Gasteiger partial charge is 0.264 e. The van der Waals surface area contributed by atoms with E-state index in [0.717, 1.165) is 37.6 Å². The van der Waals surface area contributed by atoms with E-state index < -0.39 is 5.91 Å². The Morgan fingerprint density at radius 1 is 0.969 bits per heavy atom. The monoisotopic (exact) mass is 456 g/mol. The molecule has 8 nitrogen and oxygen atoms in total. The SMILES string of the molecule is CCC(=O)N1CCN(c2ccc(NC(=S)NC(=O)c3c(OC)cccc3OC)cc2)CC1. The van der Waals surface area contributed by atoms with Crippen LogP contribution in [0.4, 0.5) is 11.4 Å². The predicted octanol–water partition coefficient (Wildman–Crippen LogP) is 2.89. The standard InChI is InChI=1S/C23H28N4O4S/c1-4-20(28)27-14-12-26(13-15-27)17-10-8-16(9-11-17)24-23(32)25-22(29)21-18(30-2)6-5-7-19(21)31-3/h5-11H,4,12-15H2,1-3H3,(H2,24,25,29,32). The molecule has 0 radical (unpaired) electrons. The lowest BCUT2D eigenvalue weighted by molar-refractivity contribution is -0.131. The Kier molecular flexibility index (Phi) is 7.88. The van der Waals surface area contributed by atoms with Crippen LogP contribution in [-0.2, 0) is 4.79 Å². The number of ether oxygens (including phenoxy) is 2. The molecule has 1 fully saturated rings. The summed E-state index contributed by atoms with van der Waals surface area (Å²) >= 11 is 5.31. The summed E-state index contributed by atoms with van der Waals surface area (Å²) in [5, 5.41) is 5.86. The van der Waals surface area contributed by atoms with E-state index in [4.69, 9.17) is 21.7 Å². The van der Waals surface area contributed by atoms with Crippen molar-refractivity contribution < 1.29 is 19.1 Å². The van der Waals surface area contributed by atoms with Gasteiger partial charge in [0.2, 0.25) is 5.91 Å². The van der Waals surface area contributed by atoms with Gasteiger partial charge in [-0.2, -0.15) is 0 Å². The summed E-state index contributed by atoms with van der Waals surface area (Å²) in [5.74, 6) is 0.572. The van der Waals surface area contributed by atoms with Crippen LogP contribution in [0.15, 0.2) is 42.5 Å². The molecule has 2 aromatic carbocycles. The fourth-order valence-electron chi connectivity index (χ4n) is 3.60. The fraction of sp³-hybridized carbons (Fsp3) is 0.348. The lowest BCUT2D eigenvalue weighted by Gasteiger charge is -2.36. The van der Waals surface area contributed by atoms with Crippen LogP contribution in [0.2, 0.25) is 0 Å². The van der Waals surface area contributed by atoms with Gasteiger partial charge in [-0.1, -0.05) is 13.0 Å². The number of amides is 2. The zero-order valence-electron chi connectivity index (χ0n) is 18.5. The van der Waals surface area contributed by atoms with E-state index in [1.54, 1.807) is 18.2 Å². The number of piperazine rings is 1. The average Bonchev–Trinajstić information content (AvgIpc) is 2.83. The van der Waals surface area contributed by atoms with Gasteiger partial charge in [0, 0.05) is 44.0 Å². The van der Waals surface area contributed by atoms with Gasteiger partial charge in [0.1, 0.15) is 17.1 Å². The molecule has 0 bridgehead atoms. The number of methoxy groups -OCH3 is 2. The number of nitrogens with zero attached hydrogens (tertiary/aromatic N) is 2. The number of nitrogens with one attached hydrogen (secondary N) is 2. The maximum atomic E-state index is 12.7. The zero-order valence-corrected chi connectivity index (χ0v) is 19.3. The van der Waals surface area contributed by atoms with Crippen LogP contribution < -0.4 is 25.0 Å². The molecular weight excluding hydrogens is 428 g/mol. The number of hydrogen-bond acceptors (Lipinski definition) is 6. The van der Waals surface area contributed by atoms with Crippen LogP contribution >= 0.6 is 12.2 Å². The molecule has 9 heteroatoms. The topological polar surface area (TPSA) is 83.1 Å². The molecule has 0 aromatic heterocycles. The van der Waals surface area contributed by atoms with Gasteiger partial charge >= 0.3 is 0 Å². The summed E-state index contributed by atoms with van der Waals surface area (Å²) in [4.78, 5) is 28.7. The van der Waals surface area contributed by atoms with Crippen molar-refractivity contribution in [1.82, 2.24) is 10.2 Å². The molecule has 0 saturated carbocycles. The van der Waals surface area contributed by atoms with Gasteiger partial charge in [0.25, 0.3) is 5.91 Å². The Morgan fingerprint density at radius 3 is 2.09 bits per heavy atom. The van der Waals surface area contributed by atoms with Crippen molar-refractivity contribution in [2.75, 3.05) is 50.6 Å². The Morgan fingerprint density at radius 2 is 1.56 bits per heavy atom. The first-order chi connectivity index (χ1) is 15.5. The third-order valence-corrected chi connectivity index (χ3v) is 5.51. The number of carbonyl (C=O) groups is 2. The third kappa shape index (κ3) is 5.47.